The third kappa shape index (κ3) is 2.74. The van der Waals surface area contributed by atoms with Gasteiger partial charge in [0.05, 0.1) is 0 Å². The Labute approximate surface area is 65.7 Å². The predicted octanol–water partition coefficient (Wildman–Crippen LogP) is 3.99. The average Bonchev–Trinajstić information content (AvgIpc) is 1.67. The molecule has 0 saturated carbocycles. The van der Waals surface area contributed by atoms with Gasteiger partial charge in [0.1, 0.15) is 0 Å². The van der Waals surface area contributed by atoms with Crippen molar-refractivity contribution in [2.75, 3.05) is 0 Å². The van der Waals surface area contributed by atoms with Gasteiger partial charge in [-0.05, 0) is 0 Å². The van der Waals surface area contributed by atoms with Crippen LogP contribution in [0.2, 0.25) is 0 Å². The summed E-state index contributed by atoms with van der Waals surface area (Å²) in [7, 11) is 11.6. The number of hydrogen-bond donors (Lipinski definition) is 0. The molecule has 0 aromatic carbocycles. The zero-order chi connectivity index (χ0) is 6.78. The Morgan fingerprint density at radius 3 is 1.75 bits per heavy atom. The third-order valence-corrected chi connectivity index (χ3v) is 9.39. The van der Waals surface area contributed by atoms with Crippen molar-refractivity contribution in [2.24, 2.45) is 0 Å². The maximum absolute atomic E-state index is 5.79. The van der Waals surface area contributed by atoms with E-state index in [9.17, 15) is 0 Å². The topological polar surface area (TPSA) is 0 Å². The van der Waals surface area contributed by atoms with Crippen molar-refractivity contribution in [3.05, 3.63) is 0 Å². The van der Waals surface area contributed by atoms with Gasteiger partial charge in [0.15, 0.2) is 0 Å². The molecule has 0 saturated heterocycles. The Hall–Kier alpha value is 1.31. The van der Waals surface area contributed by atoms with Crippen molar-refractivity contribution in [3.8, 4) is 0 Å². The van der Waals surface area contributed by atoms with Crippen LogP contribution in [-0.2, 0) is 0 Å². The summed E-state index contributed by atoms with van der Waals surface area (Å²) in [5.41, 5.74) is 0. The van der Waals surface area contributed by atoms with Crippen LogP contribution in [0, 0.1) is 0 Å². The van der Waals surface area contributed by atoms with E-state index in [-0.39, 0.29) is 3.42 Å². The van der Waals surface area contributed by atoms with Gasteiger partial charge in [-0.1, -0.05) is 0 Å². The summed E-state index contributed by atoms with van der Waals surface area (Å²) < 4.78 is 0.229. The van der Waals surface area contributed by atoms with E-state index in [1.807, 2.05) is 0 Å². The average molecular weight is 269 g/mol. The first-order chi connectivity index (χ1) is 3.50. The summed E-state index contributed by atoms with van der Waals surface area (Å²) >= 11 is -1.59. The van der Waals surface area contributed by atoms with Crippen LogP contribution in [0.15, 0.2) is 0 Å². The van der Waals surface area contributed by atoms with Crippen LogP contribution in [0.5, 0.6) is 0 Å². The summed E-state index contributed by atoms with van der Waals surface area (Å²) in [5, 5.41) is 0. The van der Waals surface area contributed by atoms with Gasteiger partial charge in [-0.3, -0.25) is 0 Å². The van der Waals surface area contributed by atoms with E-state index in [2.05, 4.69) is 20.8 Å². The number of rotatable bonds is 2. The first kappa shape index (κ1) is 9.31. The number of hydrogen-bond acceptors (Lipinski definition) is 0. The molecule has 0 heterocycles. The summed E-state index contributed by atoms with van der Waals surface area (Å²) in [5.74, 6) is 0. The molecule has 3 heteroatoms. The molecular weight excluding hydrogens is 258 g/mol. The maximum atomic E-state index is 5.79. The van der Waals surface area contributed by atoms with E-state index in [1.165, 1.54) is 0 Å². The number of alkyl halides is 1. The molecule has 0 bridgehead atoms. The van der Waals surface area contributed by atoms with Gasteiger partial charge in [0.25, 0.3) is 0 Å². The SMILES string of the molecule is CCC(C)(C)I(Cl)Cl. The zero-order valence-corrected chi connectivity index (χ0v) is 9.01. The van der Waals surface area contributed by atoms with E-state index < -0.39 is 17.6 Å². The van der Waals surface area contributed by atoms with Crippen LogP contribution in [-0.4, -0.2) is 3.42 Å². The molecule has 52 valence electrons. The fourth-order valence-electron chi connectivity index (χ4n) is 0.101. The van der Waals surface area contributed by atoms with E-state index >= 15 is 0 Å². The Bertz CT molecular complexity index is 70.8. The summed E-state index contributed by atoms with van der Waals surface area (Å²) in [6.07, 6.45) is 1.09. The molecule has 0 rings (SSSR count). The second-order valence-electron chi connectivity index (χ2n) is 2.27. The minimum atomic E-state index is -1.59. The van der Waals surface area contributed by atoms with Crippen LogP contribution in [0.1, 0.15) is 27.2 Å². The van der Waals surface area contributed by atoms with E-state index in [0.717, 1.165) is 6.42 Å². The fraction of sp³-hybridized carbons (Fsp3) is 1.00. The molecule has 0 spiro atoms. The Morgan fingerprint density at radius 1 is 1.38 bits per heavy atom. The molecule has 0 aliphatic heterocycles. The van der Waals surface area contributed by atoms with Gasteiger partial charge in [0.2, 0.25) is 0 Å². The molecule has 0 N–H and O–H groups in total. The predicted molar refractivity (Wildman–Crippen MR) is 50.1 cm³/mol. The zero-order valence-electron chi connectivity index (χ0n) is 5.34. The molecule has 0 aliphatic rings. The van der Waals surface area contributed by atoms with Crippen molar-refractivity contribution in [3.63, 3.8) is 0 Å². The van der Waals surface area contributed by atoms with E-state index in [0.29, 0.717) is 0 Å². The number of halogens is 3. The molecule has 0 aromatic heterocycles. The molecule has 0 aliphatic carbocycles. The Kier molecular flexibility index (Phi) is 4.04. The summed E-state index contributed by atoms with van der Waals surface area (Å²) in [6, 6.07) is 0. The van der Waals surface area contributed by atoms with Gasteiger partial charge < -0.3 is 0 Å². The van der Waals surface area contributed by atoms with Gasteiger partial charge >= 0.3 is 66.0 Å². The van der Waals surface area contributed by atoms with Crippen molar-refractivity contribution < 1.29 is 0 Å². The van der Waals surface area contributed by atoms with Crippen molar-refractivity contribution >= 4 is 35.4 Å². The molecule has 8 heavy (non-hydrogen) atoms. The molecule has 0 atom stereocenters. The fourth-order valence-corrected chi connectivity index (χ4v) is 2.03. The molecule has 0 amide bonds. The molecule has 0 radical (unpaired) electrons. The second-order valence-corrected chi connectivity index (χ2v) is 11.1. The third-order valence-electron chi connectivity index (χ3n) is 1.23. The van der Waals surface area contributed by atoms with Gasteiger partial charge in [-0.15, -0.1) is 0 Å². The summed E-state index contributed by atoms with van der Waals surface area (Å²) in [6.45, 7) is 6.37. The second kappa shape index (κ2) is 3.47. The molecular formula is C5H11Cl2I. The Morgan fingerprint density at radius 2 is 1.75 bits per heavy atom. The normalized spacial score (nSPS) is 13.9. The van der Waals surface area contributed by atoms with Gasteiger partial charge in [0, 0.05) is 0 Å². The van der Waals surface area contributed by atoms with Crippen molar-refractivity contribution in [2.45, 2.75) is 30.6 Å². The van der Waals surface area contributed by atoms with E-state index in [4.69, 9.17) is 17.8 Å². The van der Waals surface area contributed by atoms with Crippen LogP contribution in [0.25, 0.3) is 0 Å². The monoisotopic (exact) mass is 268 g/mol. The first-order valence-corrected chi connectivity index (χ1v) is 9.08. The van der Waals surface area contributed by atoms with Crippen LogP contribution >= 0.6 is 35.4 Å². The van der Waals surface area contributed by atoms with Crippen molar-refractivity contribution in [1.82, 2.24) is 0 Å². The standard InChI is InChI=1S/C5H11Cl2I/c1-4-5(2,3)8(6)7/h4H2,1-3H3. The molecule has 0 unspecified atom stereocenters. The Balaban J connectivity index is 3.71. The first-order valence-electron chi connectivity index (χ1n) is 2.54. The van der Waals surface area contributed by atoms with Gasteiger partial charge in [-0.2, -0.15) is 0 Å². The van der Waals surface area contributed by atoms with Crippen LogP contribution < -0.4 is 0 Å². The molecule has 0 aromatic rings. The minimum absolute atomic E-state index is 0.229. The van der Waals surface area contributed by atoms with E-state index in [1.54, 1.807) is 0 Å². The van der Waals surface area contributed by atoms with Crippen LogP contribution in [0.4, 0.5) is 0 Å². The summed E-state index contributed by atoms with van der Waals surface area (Å²) in [4.78, 5) is 0. The van der Waals surface area contributed by atoms with Gasteiger partial charge in [-0.25, -0.2) is 0 Å². The quantitative estimate of drug-likeness (QED) is 0.525. The molecule has 0 fully saturated rings. The van der Waals surface area contributed by atoms with Crippen LogP contribution in [0.3, 0.4) is 0 Å². The van der Waals surface area contributed by atoms with Crippen molar-refractivity contribution in [1.29, 1.82) is 0 Å². The molecule has 0 nitrogen and oxygen atoms in total.